The molecule has 0 radical (unpaired) electrons. The molecule has 0 saturated carbocycles. The third-order valence-corrected chi connectivity index (χ3v) is 2.88. The molecule has 4 heteroatoms. The van der Waals surface area contributed by atoms with Crippen molar-refractivity contribution in [3.63, 3.8) is 0 Å². The first-order chi connectivity index (χ1) is 8.72. The van der Waals surface area contributed by atoms with Gasteiger partial charge in [-0.25, -0.2) is 4.98 Å². The summed E-state index contributed by atoms with van der Waals surface area (Å²) in [6, 6.07) is 7.58. The standard InChI is InChI=1S/C14H15ClN2O/c1-3-12-13(6-4-10(2)17-12)18-14-7-5-11(8-15)9-16-14/h4-7,9H,3,8H2,1-2H3. The van der Waals surface area contributed by atoms with Crippen molar-refractivity contribution in [2.45, 2.75) is 26.1 Å². The van der Waals surface area contributed by atoms with Crippen LogP contribution in [-0.4, -0.2) is 9.97 Å². The molecule has 0 unspecified atom stereocenters. The van der Waals surface area contributed by atoms with Crippen molar-refractivity contribution in [2.75, 3.05) is 0 Å². The second kappa shape index (κ2) is 5.83. The van der Waals surface area contributed by atoms with Gasteiger partial charge in [-0.2, -0.15) is 0 Å². The maximum Gasteiger partial charge on any atom is 0.219 e. The Labute approximate surface area is 112 Å². The first-order valence-electron chi connectivity index (χ1n) is 5.88. The van der Waals surface area contributed by atoms with Crippen LogP contribution in [0.15, 0.2) is 30.5 Å². The van der Waals surface area contributed by atoms with E-state index in [0.717, 1.165) is 29.1 Å². The minimum Gasteiger partial charge on any atom is -0.437 e. The van der Waals surface area contributed by atoms with Gasteiger partial charge in [-0.15, -0.1) is 11.6 Å². The molecule has 0 saturated heterocycles. The van der Waals surface area contributed by atoms with Gasteiger partial charge in [0.1, 0.15) is 0 Å². The largest absolute Gasteiger partial charge is 0.437 e. The number of aryl methyl sites for hydroxylation is 2. The SMILES string of the molecule is CCc1nc(C)ccc1Oc1ccc(CCl)cn1. The van der Waals surface area contributed by atoms with Crippen LogP contribution in [0.25, 0.3) is 0 Å². The van der Waals surface area contributed by atoms with Crippen LogP contribution < -0.4 is 4.74 Å². The molecule has 3 nitrogen and oxygen atoms in total. The van der Waals surface area contributed by atoms with E-state index in [1.165, 1.54) is 0 Å². The molecule has 2 heterocycles. The Morgan fingerprint density at radius 3 is 2.67 bits per heavy atom. The highest BCUT2D eigenvalue weighted by molar-refractivity contribution is 6.17. The highest BCUT2D eigenvalue weighted by Crippen LogP contribution is 2.23. The van der Waals surface area contributed by atoms with Crippen LogP contribution in [0.2, 0.25) is 0 Å². The van der Waals surface area contributed by atoms with Crippen molar-refractivity contribution in [2.24, 2.45) is 0 Å². The number of ether oxygens (including phenoxy) is 1. The average Bonchev–Trinajstić information content (AvgIpc) is 2.41. The fourth-order valence-corrected chi connectivity index (χ4v) is 1.77. The van der Waals surface area contributed by atoms with Gasteiger partial charge in [0.2, 0.25) is 5.88 Å². The predicted molar refractivity (Wildman–Crippen MR) is 72.2 cm³/mol. The fourth-order valence-electron chi connectivity index (χ4n) is 1.61. The molecule has 0 spiro atoms. The van der Waals surface area contributed by atoms with E-state index in [-0.39, 0.29) is 0 Å². The molecular formula is C14H15ClN2O. The predicted octanol–water partition coefficient (Wildman–Crippen LogP) is 3.88. The molecule has 0 aromatic carbocycles. The minimum atomic E-state index is 0.458. The molecule has 0 amide bonds. The number of hydrogen-bond donors (Lipinski definition) is 0. The van der Waals surface area contributed by atoms with E-state index in [4.69, 9.17) is 16.3 Å². The monoisotopic (exact) mass is 262 g/mol. The van der Waals surface area contributed by atoms with Crippen LogP contribution in [0, 0.1) is 6.92 Å². The lowest BCUT2D eigenvalue weighted by Gasteiger charge is -2.09. The van der Waals surface area contributed by atoms with Crippen LogP contribution >= 0.6 is 11.6 Å². The Bertz CT molecular complexity index is 526. The Morgan fingerprint density at radius 2 is 2.06 bits per heavy atom. The van der Waals surface area contributed by atoms with E-state index >= 15 is 0 Å². The van der Waals surface area contributed by atoms with Crippen LogP contribution in [0.1, 0.15) is 23.9 Å². The normalized spacial score (nSPS) is 10.4. The molecule has 0 fully saturated rings. The number of hydrogen-bond acceptors (Lipinski definition) is 3. The molecule has 2 rings (SSSR count). The number of alkyl halides is 1. The zero-order valence-corrected chi connectivity index (χ0v) is 11.2. The maximum atomic E-state index is 5.74. The molecular weight excluding hydrogens is 248 g/mol. The van der Waals surface area contributed by atoms with E-state index in [0.29, 0.717) is 11.8 Å². The first kappa shape index (κ1) is 12.8. The third kappa shape index (κ3) is 2.99. The number of rotatable bonds is 4. The van der Waals surface area contributed by atoms with Crippen LogP contribution in [0.5, 0.6) is 11.6 Å². The highest BCUT2D eigenvalue weighted by atomic mass is 35.5. The van der Waals surface area contributed by atoms with Crippen molar-refractivity contribution in [1.82, 2.24) is 9.97 Å². The number of pyridine rings is 2. The lowest BCUT2D eigenvalue weighted by atomic mass is 10.2. The van der Waals surface area contributed by atoms with Crippen LogP contribution in [0.4, 0.5) is 0 Å². The second-order valence-corrected chi connectivity index (χ2v) is 4.26. The fraction of sp³-hybridized carbons (Fsp3) is 0.286. The Balaban J connectivity index is 2.22. The Hall–Kier alpha value is -1.61. The average molecular weight is 263 g/mol. The van der Waals surface area contributed by atoms with Gasteiger partial charge < -0.3 is 4.74 Å². The van der Waals surface area contributed by atoms with Crippen molar-refractivity contribution < 1.29 is 4.74 Å². The van der Waals surface area contributed by atoms with Gasteiger partial charge in [0, 0.05) is 23.8 Å². The third-order valence-electron chi connectivity index (χ3n) is 2.57. The summed E-state index contributed by atoms with van der Waals surface area (Å²) in [7, 11) is 0. The van der Waals surface area contributed by atoms with Gasteiger partial charge in [0.25, 0.3) is 0 Å². The van der Waals surface area contributed by atoms with Gasteiger partial charge in [-0.1, -0.05) is 13.0 Å². The summed E-state index contributed by atoms with van der Waals surface area (Å²) < 4.78 is 5.74. The molecule has 0 bridgehead atoms. The van der Waals surface area contributed by atoms with E-state index in [1.54, 1.807) is 6.20 Å². The molecule has 0 aliphatic carbocycles. The second-order valence-electron chi connectivity index (χ2n) is 3.99. The van der Waals surface area contributed by atoms with Crippen molar-refractivity contribution >= 4 is 11.6 Å². The number of nitrogens with zero attached hydrogens (tertiary/aromatic N) is 2. The summed E-state index contributed by atoms with van der Waals surface area (Å²) in [5.74, 6) is 1.78. The molecule has 2 aromatic heterocycles. The zero-order valence-electron chi connectivity index (χ0n) is 10.5. The summed E-state index contributed by atoms with van der Waals surface area (Å²) in [5.41, 5.74) is 2.91. The zero-order chi connectivity index (χ0) is 13.0. The van der Waals surface area contributed by atoms with Crippen molar-refractivity contribution in [1.29, 1.82) is 0 Å². The van der Waals surface area contributed by atoms with Gasteiger partial charge in [0.15, 0.2) is 5.75 Å². The summed E-state index contributed by atoms with van der Waals surface area (Å²) in [6.45, 7) is 4.02. The molecule has 0 N–H and O–H groups in total. The molecule has 0 atom stereocenters. The first-order valence-corrected chi connectivity index (χ1v) is 6.41. The molecule has 0 aliphatic rings. The van der Waals surface area contributed by atoms with E-state index in [1.807, 2.05) is 31.2 Å². The smallest absolute Gasteiger partial charge is 0.219 e. The number of aromatic nitrogens is 2. The molecule has 18 heavy (non-hydrogen) atoms. The quantitative estimate of drug-likeness (QED) is 0.785. The number of halogens is 1. The summed E-state index contributed by atoms with van der Waals surface area (Å²) in [5, 5.41) is 0. The lowest BCUT2D eigenvalue weighted by molar-refractivity contribution is 0.454. The molecule has 94 valence electrons. The van der Waals surface area contributed by atoms with Gasteiger partial charge in [0.05, 0.1) is 5.69 Å². The van der Waals surface area contributed by atoms with Gasteiger partial charge >= 0.3 is 0 Å². The van der Waals surface area contributed by atoms with E-state index in [2.05, 4.69) is 16.9 Å². The molecule has 0 aliphatic heterocycles. The maximum absolute atomic E-state index is 5.74. The van der Waals surface area contributed by atoms with Crippen LogP contribution in [0.3, 0.4) is 0 Å². The van der Waals surface area contributed by atoms with Gasteiger partial charge in [-0.3, -0.25) is 4.98 Å². The Morgan fingerprint density at radius 1 is 1.22 bits per heavy atom. The van der Waals surface area contributed by atoms with Crippen molar-refractivity contribution in [3.05, 3.63) is 47.4 Å². The topological polar surface area (TPSA) is 35.0 Å². The lowest BCUT2D eigenvalue weighted by Crippen LogP contribution is -1.97. The van der Waals surface area contributed by atoms with Crippen molar-refractivity contribution in [3.8, 4) is 11.6 Å². The summed E-state index contributed by atoms with van der Waals surface area (Å²) in [6.07, 6.45) is 2.55. The summed E-state index contributed by atoms with van der Waals surface area (Å²) >= 11 is 5.71. The minimum absolute atomic E-state index is 0.458. The highest BCUT2D eigenvalue weighted by Gasteiger charge is 2.06. The summed E-state index contributed by atoms with van der Waals surface area (Å²) in [4.78, 5) is 8.66. The Kier molecular flexibility index (Phi) is 4.15. The van der Waals surface area contributed by atoms with Crippen LogP contribution in [-0.2, 0) is 12.3 Å². The van der Waals surface area contributed by atoms with Gasteiger partial charge in [-0.05, 0) is 31.0 Å². The van der Waals surface area contributed by atoms with E-state index in [9.17, 15) is 0 Å². The van der Waals surface area contributed by atoms with E-state index < -0.39 is 0 Å². The molecule has 2 aromatic rings.